The molecule has 28 heavy (non-hydrogen) atoms. The van der Waals surface area contributed by atoms with Crippen LogP contribution in [0.3, 0.4) is 0 Å². The molecule has 0 unspecified atom stereocenters. The zero-order chi connectivity index (χ0) is 19.2. The Bertz CT molecular complexity index is 920. The highest BCUT2D eigenvalue weighted by Gasteiger charge is 2.83. The molecular weight excluding hydrogens is 360 g/mol. The summed E-state index contributed by atoms with van der Waals surface area (Å²) in [7, 11) is 0. The molecule has 144 valence electrons. The molecule has 0 spiro atoms. The summed E-state index contributed by atoms with van der Waals surface area (Å²) in [6, 6.07) is 0. The molecule has 0 amide bonds. The van der Waals surface area contributed by atoms with Crippen LogP contribution in [0.5, 0.6) is 0 Å². The van der Waals surface area contributed by atoms with Crippen molar-refractivity contribution in [2.75, 3.05) is 0 Å². The fourth-order valence-corrected chi connectivity index (χ4v) is 8.98. The predicted molar refractivity (Wildman–Crippen MR) is 92.3 cm³/mol. The monoisotopic (exact) mass is 380 g/mol. The fourth-order valence-electron chi connectivity index (χ4n) is 8.98. The highest BCUT2D eigenvalue weighted by atomic mass is 16.5. The zero-order valence-corrected chi connectivity index (χ0v) is 15.6. The normalized spacial score (nSPS) is 50.4. The molecule has 0 aromatic heterocycles. The van der Waals surface area contributed by atoms with Gasteiger partial charge in [-0.3, -0.25) is 19.2 Å². The standard InChI is InChI=1S/C22H20O6/c1-5(23)27-9-3-7-11-15-16-12-8-4-10(28-6(2)24)22(26)14(8)20(16)17(11)18(12)19(15)13(7)21(9)25/h9-12,15-20H,3-4H2,1-2H3/t9-,10+,11-,12+,15+,16-,17-,18-,19+,20+/m0/s1. The Kier molecular flexibility index (Phi) is 2.51. The van der Waals surface area contributed by atoms with Gasteiger partial charge >= 0.3 is 11.9 Å². The number of esters is 2. The highest BCUT2D eigenvalue weighted by molar-refractivity contribution is 6.07. The van der Waals surface area contributed by atoms with Crippen molar-refractivity contribution < 1.29 is 28.7 Å². The number of hydrogen-bond donors (Lipinski definition) is 0. The summed E-state index contributed by atoms with van der Waals surface area (Å²) in [5.74, 6) is 2.48. The molecule has 0 saturated heterocycles. The number of rotatable bonds is 2. The van der Waals surface area contributed by atoms with Gasteiger partial charge in [0.15, 0.2) is 23.8 Å². The first-order valence-electron chi connectivity index (χ1n) is 10.3. The van der Waals surface area contributed by atoms with Crippen LogP contribution in [-0.4, -0.2) is 35.7 Å². The summed E-state index contributed by atoms with van der Waals surface area (Å²) < 4.78 is 10.6. The number of carbonyl (C=O) groups excluding carboxylic acids is 4. The smallest absolute Gasteiger partial charge is 0.303 e. The van der Waals surface area contributed by atoms with Crippen molar-refractivity contribution in [3.05, 3.63) is 22.3 Å². The van der Waals surface area contributed by atoms with Crippen LogP contribution in [0.25, 0.3) is 0 Å². The van der Waals surface area contributed by atoms with Gasteiger partial charge in [0.05, 0.1) is 0 Å². The van der Waals surface area contributed by atoms with E-state index in [-0.39, 0.29) is 11.6 Å². The maximum Gasteiger partial charge on any atom is 0.303 e. The van der Waals surface area contributed by atoms with E-state index in [1.54, 1.807) is 0 Å². The van der Waals surface area contributed by atoms with Crippen molar-refractivity contribution in [2.24, 2.45) is 47.3 Å². The van der Waals surface area contributed by atoms with E-state index < -0.39 is 24.1 Å². The van der Waals surface area contributed by atoms with Gasteiger partial charge in [-0.1, -0.05) is 11.1 Å². The SMILES string of the molecule is CC(=O)O[C@H]1CC2=C(C1=O)[C@H]1[C@H]3[C@@H]4C5=C(C(=O)[C@H](OC(C)=O)C5)[C@H]5[C@H]3[C@@H]2[C@@H]1[C@H]45. The first-order chi connectivity index (χ1) is 13.4. The second kappa shape index (κ2) is 4.50. The minimum Gasteiger partial charge on any atom is -0.454 e. The molecule has 4 saturated carbocycles. The second-order valence-electron chi connectivity index (χ2n) is 9.62. The molecule has 0 heterocycles. The topological polar surface area (TPSA) is 86.7 Å². The first kappa shape index (κ1) is 15.7. The summed E-state index contributed by atoms with van der Waals surface area (Å²) >= 11 is 0. The van der Waals surface area contributed by atoms with Gasteiger partial charge in [-0.2, -0.15) is 0 Å². The van der Waals surface area contributed by atoms with E-state index >= 15 is 0 Å². The van der Waals surface area contributed by atoms with Crippen LogP contribution in [0.2, 0.25) is 0 Å². The summed E-state index contributed by atoms with van der Waals surface area (Å²) in [4.78, 5) is 48.7. The molecular formula is C22H20O6. The van der Waals surface area contributed by atoms with Crippen LogP contribution in [-0.2, 0) is 28.7 Å². The van der Waals surface area contributed by atoms with E-state index in [2.05, 4.69) is 0 Å². The van der Waals surface area contributed by atoms with Gasteiger partial charge in [-0.05, 0) is 47.3 Å². The van der Waals surface area contributed by atoms with Gasteiger partial charge < -0.3 is 9.47 Å². The van der Waals surface area contributed by atoms with Gasteiger partial charge in [0.1, 0.15) is 0 Å². The molecule has 0 N–H and O–H groups in total. The Balaban J connectivity index is 1.23. The van der Waals surface area contributed by atoms with Crippen molar-refractivity contribution >= 4 is 23.5 Å². The lowest BCUT2D eigenvalue weighted by atomic mass is 9.68. The quantitative estimate of drug-likeness (QED) is 0.673. The Hall–Kier alpha value is -2.24. The summed E-state index contributed by atoms with van der Waals surface area (Å²) in [6.45, 7) is 2.71. The number of ketones is 2. The molecule has 8 bridgehead atoms. The Labute approximate surface area is 161 Å². The van der Waals surface area contributed by atoms with Gasteiger partial charge in [0.25, 0.3) is 0 Å². The van der Waals surface area contributed by atoms with Crippen molar-refractivity contribution in [1.82, 2.24) is 0 Å². The first-order valence-corrected chi connectivity index (χ1v) is 10.3. The van der Waals surface area contributed by atoms with E-state index in [4.69, 9.17) is 9.47 Å². The second-order valence-corrected chi connectivity index (χ2v) is 9.62. The van der Waals surface area contributed by atoms with E-state index in [1.165, 1.54) is 25.0 Å². The van der Waals surface area contributed by atoms with Gasteiger partial charge in [-0.25, -0.2) is 0 Å². The molecule has 10 atom stereocenters. The molecule has 4 fully saturated rings. The third-order valence-electron chi connectivity index (χ3n) is 8.91. The third-order valence-corrected chi connectivity index (χ3v) is 8.91. The minimum atomic E-state index is -0.630. The average molecular weight is 380 g/mol. The molecule has 6 heteroatoms. The van der Waals surface area contributed by atoms with E-state index in [1.807, 2.05) is 0 Å². The van der Waals surface area contributed by atoms with Crippen LogP contribution in [0.15, 0.2) is 22.3 Å². The fraction of sp³-hybridized carbons (Fsp3) is 0.636. The number of Topliss-reactive ketones (excluding diaryl/α,β-unsaturated/α-hetero) is 2. The minimum absolute atomic E-state index is 0.0269. The third kappa shape index (κ3) is 1.40. The molecule has 0 aromatic rings. The van der Waals surface area contributed by atoms with E-state index in [0.717, 1.165) is 11.1 Å². The average Bonchev–Trinajstić information content (AvgIpc) is 3.41. The van der Waals surface area contributed by atoms with Gasteiger partial charge in [0, 0.05) is 37.8 Å². The van der Waals surface area contributed by atoms with Crippen LogP contribution >= 0.6 is 0 Å². The van der Waals surface area contributed by atoms with Crippen LogP contribution in [0, 0.1) is 47.3 Å². The maximum absolute atomic E-state index is 13.0. The summed E-state index contributed by atoms with van der Waals surface area (Å²) in [6.07, 6.45) is -0.159. The van der Waals surface area contributed by atoms with Crippen molar-refractivity contribution in [2.45, 2.75) is 38.9 Å². The van der Waals surface area contributed by atoms with E-state index in [0.29, 0.717) is 60.2 Å². The summed E-state index contributed by atoms with van der Waals surface area (Å²) in [5.41, 5.74) is 4.39. The van der Waals surface area contributed by atoms with Crippen molar-refractivity contribution in [3.63, 3.8) is 0 Å². The molecule has 8 rings (SSSR count). The maximum atomic E-state index is 13.0. The number of carbonyl (C=O) groups is 4. The van der Waals surface area contributed by atoms with E-state index in [9.17, 15) is 19.2 Å². The summed E-state index contributed by atoms with van der Waals surface area (Å²) in [5, 5.41) is 0. The highest BCUT2D eigenvalue weighted by Crippen LogP contribution is 2.85. The van der Waals surface area contributed by atoms with Crippen molar-refractivity contribution in [3.8, 4) is 0 Å². The largest absolute Gasteiger partial charge is 0.454 e. The molecule has 8 aliphatic carbocycles. The molecule has 8 aliphatic rings. The van der Waals surface area contributed by atoms with Crippen molar-refractivity contribution in [1.29, 1.82) is 0 Å². The Morgan fingerprint density at radius 2 is 1.04 bits per heavy atom. The molecule has 0 aromatic carbocycles. The zero-order valence-electron chi connectivity index (χ0n) is 15.6. The lowest BCUT2D eigenvalue weighted by Crippen LogP contribution is -2.33. The lowest BCUT2D eigenvalue weighted by molar-refractivity contribution is -0.151. The van der Waals surface area contributed by atoms with Crippen LogP contribution in [0.1, 0.15) is 26.7 Å². The Morgan fingerprint density at radius 1 is 0.679 bits per heavy atom. The lowest BCUT2D eigenvalue weighted by Gasteiger charge is -2.35. The number of ether oxygens (including phenoxy) is 2. The Morgan fingerprint density at radius 3 is 1.36 bits per heavy atom. The predicted octanol–water partition coefficient (Wildman–Crippen LogP) is 1.39. The van der Waals surface area contributed by atoms with Gasteiger partial charge in [-0.15, -0.1) is 0 Å². The number of hydrogen-bond acceptors (Lipinski definition) is 6. The van der Waals surface area contributed by atoms with Crippen LogP contribution < -0.4 is 0 Å². The van der Waals surface area contributed by atoms with Gasteiger partial charge in [0.2, 0.25) is 0 Å². The van der Waals surface area contributed by atoms with Crippen LogP contribution in [0.4, 0.5) is 0 Å². The molecule has 0 radical (unpaired) electrons. The molecule has 6 nitrogen and oxygen atoms in total. The molecule has 0 aliphatic heterocycles.